The number of amides is 2. The first-order valence-electron chi connectivity index (χ1n) is 12.2. The summed E-state index contributed by atoms with van der Waals surface area (Å²) >= 11 is 0. The number of carboxylic acids is 1. The second-order valence-electron chi connectivity index (χ2n) is 8.51. The average Bonchev–Trinajstić information content (AvgIpc) is 2.81. The Morgan fingerprint density at radius 2 is 1.78 bits per heavy atom. The van der Waals surface area contributed by atoms with Gasteiger partial charge in [0.25, 0.3) is 0 Å². The summed E-state index contributed by atoms with van der Waals surface area (Å²) in [7, 11) is 0. The Kier molecular flexibility index (Phi) is 12.3. The normalized spacial score (nSPS) is 15.3. The van der Waals surface area contributed by atoms with Gasteiger partial charge in [0.15, 0.2) is 0 Å². The van der Waals surface area contributed by atoms with E-state index in [1.807, 2.05) is 0 Å². The zero-order valence-corrected chi connectivity index (χ0v) is 19.0. The molecule has 180 valence electrons. The van der Waals surface area contributed by atoms with Crippen LogP contribution in [0.2, 0.25) is 0 Å². The van der Waals surface area contributed by atoms with E-state index >= 15 is 0 Å². The molecule has 1 aliphatic heterocycles. The van der Waals surface area contributed by atoms with Crippen molar-refractivity contribution in [2.75, 3.05) is 26.2 Å². The van der Waals surface area contributed by atoms with Crippen molar-refractivity contribution >= 4 is 23.8 Å². The third kappa shape index (κ3) is 12.3. The summed E-state index contributed by atoms with van der Waals surface area (Å²) in [5.41, 5.74) is -0.477. The molecule has 1 aliphatic rings. The number of hydrogen-bond donors (Lipinski definition) is 2. The number of nitrogens with one attached hydrogen (secondary N) is 1. The predicted molar refractivity (Wildman–Crippen MR) is 121 cm³/mol. The fourth-order valence-electron chi connectivity index (χ4n) is 3.45. The van der Waals surface area contributed by atoms with Crippen LogP contribution in [-0.2, 0) is 23.9 Å². The van der Waals surface area contributed by atoms with E-state index in [1.54, 1.807) is 4.90 Å². The van der Waals surface area contributed by atoms with Gasteiger partial charge in [0.1, 0.15) is 0 Å². The van der Waals surface area contributed by atoms with Gasteiger partial charge in [-0.3, -0.25) is 19.2 Å². The lowest BCUT2D eigenvalue weighted by molar-refractivity contribution is -0.151. The van der Waals surface area contributed by atoms with E-state index < -0.39 is 17.4 Å². The van der Waals surface area contributed by atoms with Gasteiger partial charge in [-0.05, 0) is 38.5 Å². The number of hydrogen-bond acceptors (Lipinski definition) is 5. The molecular weight excluding hydrogens is 412 g/mol. The molecule has 0 spiro atoms. The third-order valence-corrected chi connectivity index (χ3v) is 5.62. The summed E-state index contributed by atoms with van der Waals surface area (Å²) in [6.07, 6.45) is 11.7. The molecule has 2 amide bonds. The molecule has 32 heavy (non-hydrogen) atoms. The summed E-state index contributed by atoms with van der Waals surface area (Å²) in [6, 6.07) is 0. The lowest BCUT2D eigenvalue weighted by Gasteiger charge is -2.39. The molecule has 0 saturated carbocycles. The summed E-state index contributed by atoms with van der Waals surface area (Å²) in [5.74, 6) is 1.07. The van der Waals surface area contributed by atoms with Crippen LogP contribution in [-0.4, -0.2) is 60.0 Å². The van der Waals surface area contributed by atoms with Crippen molar-refractivity contribution in [1.29, 1.82) is 0 Å². The molecule has 1 saturated heterocycles. The van der Waals surface area contributed by atoms with Crippen molar-refractivity contribution in [2.24, 2.45) is 5.41 Å². The van der Waals surface area contributed by atoms with Crippen LogP contribution in [0.5, 0.6) is 0 Å². The van der Waals surface area contributed by atoms with Gasteiger partial charge in [-0.15, -0.1) is 12.3 Å². The number of piperidine rings is 1. The topological polar surface area (TPSA) is 113 Å². The number of ether oxygens (including phenoxy) is 1. The highest BCUT2D eigenvalue weighted by Gasteiger charge is 2.33. The molecule has 1 fully saturated rings. The van der Waals surface area contributed by atoms with Crippen molar-refractivity contribution in [3.8, 4) is 12.3 Å². The van der Waals surface area contributed by atoms with E-state index in [9.17, 15) is 19.2 Å². The van der Waals surface area contributed by atoms with Crippen LogP contribution in [0.25, 0.3) is 0 Å². The minimum absolute atomic E-state index is 0.0434. The molecule has 2 N–H and O–H groups in total. The Bertz CT molecular complexity index is 683. The Hall–Kier alpha value is -2.56. The largest absolute Gasteiger partial charge is 0.481 e. The number of terminal acetylenes is 1. The molecule has 8 heteroatoms. The van der Waals surface area contributed by atoms with Crippen LogP contribution >= 0.6 is 0 Å². The fourth-order valence-corrected chi connectivity index (χ4v) is 3.45. The molecule has 0 unspecified atom stereocenters. The van der Waals surface area contributed by atoms with Gasteiger partial charge >= 0.3 is 11.9 Å². The number of likely N-dealkylation sites (tertiary alicyclic amines) is 1. The van der Waals surface area contributed by atoms with Gasteiger partial charge in [0.05, 0.1) is 19.4 Å². The quantitative estimate of drug-likeness (QED) is 0.224. The molecular formula is C24H38N2O6. The van der Waals surface area contributed by atoms with Crippen LogP contribution in [0.15, 0.2) is 0 Å². The maximum absolute atomic E-state index is 12.5. The molecule has 0 aromatic rings. The van der Waals surface area contributed by atoms with E-state index in [4.69, 9.17) is 17.6 Å². The first kappa shape index (κ1) is 25.7. The van der Waals surface area contributed by atoms with Crippen LogP contribution < -0.4 is 5.32 Å². The Balaban J connectivity index is 2.17. The Morgan fingerprint density at radius 3 is 2.44 bits per heavy atom. The maximum atomic E-state index is 12.5. The first-order valence-corrected chi connectivity index (χ1v) is 11.5. The van der Waals surface area contributed by atoms with Crippen molar-refractivity contribution in [3.63, 3.8) is 0 Å². The molecule has 0 bridgehead atoms. The van der Waals surface area contributed by atoms with Crippen LogP contribution in [0.3, 0.4) is 0 Å². The molecule has 0 atom stereocenters. The van der Waals surface area contributed by atoms with Gasteiger partial charge in [0, 0.05) is 45.7 Å². The number of unbranched alkanes of at least 4 members (excludes halogenated alkanes) is 4. The Morgan fingerprint density at radius 1 is 1.06 bits per heavy atom. The zero-order chi connectivity index (χ0) is 24.5. The van der Waals surface area contributed by atoms with E-state index in [-0.39, 0.29) is 38.2 Å². The first-order chi connectivity index (χ1) is 15.8. The third-order valence-electron chi connectivity index (χ3n) is 5.62. The summed E-state index contributed by atoms with van der Waals surface area (Å²) in [5, 5.41) is 11.5. The van der Waals surface area contributed by atoms with E-state index in [1.165, 1.54) is 0 Å². The van der Waals surface area contributed by atoms with Gasteiger partial charge in [-0.1, -0.05) is 13.3 Å². The summed E-state index contributed by atoms with van der Waals surface area (Å²) in [4.78, 5) is 48.2. The number of carbonyl (C=O) groups is 4. The monoisotopic (exact) mass is 452 g/mol. The minimum atomic E-state index is -1.05. The molecule has 0 radical (unpaired) electrons. The predicted octanol–water partition coefficient (Wildman–Crippen LogP) is 2.89. The van der Waals surface area contributed by atoms with Crippen LogP contribution in [0.4, 0.5) is 0 Å². The molecule has 0 aromatic carbocycles. The number of aliphatic carboxylic acids is 1. The minimum Gasteiger partial charge on any atom is -0.481 e. The standard InChI is InChI=1S/C24H38N2O6/c1-3-4-5-7-10-20(27)25-16-9-6-8-11-21(28)26-17-14-24(2,15-18-26)19-32-23(31)13-12-22(29)30/h1H,4-19H2,2H3,(H,25,27)(H,29,30)/i2T. The molecule has 1 rings (SSSR count). The molecule has 8 nitrogen and oxygen atoms in total. The second kappa shape index (κ2) is 15.3. The number of esters is 1. The van der Waals surface area contributed by atoms with Gasteiger partial charge in [-0.2, -0.15) is 0 Å². The van der Waals surface area contributed by atoms with Crippen LogP contribution in [0, 0.1) is 17.8 Å². The van der Waals surface area contributed by atoms with E-state index in [2.05, 4.69) is 11.2 Å². The van der Waals surface area contributed by atoms with Crippen molar-refractivity contribution in [1.82, 2.24) is 10.2 Å². The Labute approximate surface area is 192 Å². The molecule has 1 heterocycles. The van der Waals surface area contributed by atoms with Crippen molar-refractivity contribution < 1.29 is 30.4 Å². The number of carbonyl (C=O) groups excluding carboxylic acids is 3. The fraction of sp³-hybridized carbons (Fsp3) is 0.750. The van der Waals surface area contributed by atoms with Gasteiger partial charge < -0.3 is 20.1 Å². The van der Waals surface area contributed by atoms with Gasteiger partial charge in [-0.25, -0.2) is 0 Å². The molecule has 0 aliphatic carbocycles. The zero-order valence-electron chi connectivity index (χ0n) is 20.0. The van der Waals surface area contributed by atoms with Crippen molar-refractivity contribution in [2.45, 2.75) is 83.9 Å². The molecule has 0 aromatic heterocycles. The lowest BCUT2D eigenvalue weighted by atomic mass is 9.81. The highest BCUT2D eigenvalue weighted by molar-refractivity contribution is 5.77. The number of carboxylic acid groups (broad SMARTS) is 1. The lowest BCUT2D eigenvalue weighted by Crippen LogP contribution is -2.44. The number of nitrogens with zero attached hydrogens (tertiary/aromatic N) is 1. The smallest absolute Gasteiger partial charge is 0.306 e. The van der Waals surface area contributed by atoms with Crippen molar-refractivity contribution in [3.05, 3.63) is 0 Å². The second-order valence-corrected chi connectivity index (χ2v) is 8.51. The number of rotatable bonds is 15. The SMILES string of the molecule is [3H]CC1(COC(=O)CCC(=O)O)CCN(C(=O)CCCCCNC(=O)CCCCC#C)CC1. The van der Waals surface area contributed by atoms with Crippen LogP contribution in [0.1, 0.15) is 85.3 Å². The highest BCUT2D eigenvalue weighted by atomic mass is 16.5. The summed E-state index contributed by atoms with van der Waals surface area (Å²) < 4.78 is 13.1. The van der Waals surface area contributed by atoms with Gasteiger partial charge in [0.2, 0.25) is 11.8 Å². The van der Waals surface area contributed by atoms with E-state index in [0.717, 1.165) is 32.1 Å². The maximum Gasteiger partial charge on any atom is 0.306 e. The summed E-state index contributed by atoms with van der Waals surface area (Å²) in [6.45, 7) is 1.85. The average molecular weight is 453 g/mol. The van der Waals surface area contributed by atoms with E-state index in [0.29, 0.717) is 51.7 Å². The highest BCUT2D eigenvalue weighted by Crippen LogP contribution is 2.31.